The van der Waals surface area contributed by atoms with Gasteiger partial charge in [-0.05, 0) is 66.9 Å². The number of anilines is 1. The Morgan fingerprint density at radius 2 is 1.68 bits per heavy atom. The van der Waals surface area contributed by atoms with Gasteiger partial charge in [0.25, 0.3) is 11.8 Å². The third-order valence-corrected chi connectivity index (χ3v) is 7.86. The number of likely N-dealkylation sites (tertiary alicyclic amines) is 1. The van der Waals surface area contributed by atoms with Gasteiger partial charge in [0.2, 0.25) is 0 Å². The van der Waals surface area contributed by atoms with Crippen LogP contribution in [0.25, 0.3) is 0 Å². The molecule has 3 heterocycles. The number of benzene rings is 2. The zero-order chi connectivity index (χ0) is 28.8. The first kappa shape index (κ1) is 28.5. The molecule has 3 aromatic rings. The fourth-order valence-corrected chi connectivity index (χ4v) is 5.40. The maximum absolute atomic E-state index is 13.4. The average molecular weight is 560 g/mol. The molecule has 2 aliphatic rings. The van der Waals surface area contributed by atoms with E-state index in [0.717, 1.165) is 71.0 Å². The summed E-state index contributed by atoms with van der Waals surface area (Å²) in [5.74, 6) is -2.41. The second kappa shape index (κ2) is 12.6. The second-order valence-electron chi connectivity index (χ2n) is 11.0. The third kappa shape index (κ3) is 7.59. The molecule has 2 fully saturated rings. The summed E-state index contributed by atoms with van der Waals surface area (Å²) in [4.78, 5) is 21.9. The second-order valence-corrected chi connectivity index (χ2v) is 11.0. The number of amides is 1. The van der Waals surface area contributed by atoms with Crippen LogP contribution in [0.5, 0.6) is 5.75 Å². The predicted molar refractivity (Wildman–Crippen MR) is 153 cm³/mol. The highest BCUT2D eigenvalue weighted by molar-refractivity contribution is 5.92. The Morgan fingerprint density at radius 3 is 2.27 bits per heavy atom. The number of hydrogen-bond donors (Lipinski definition) is 1. The lowest BCUT2D eigenvalue weighted by Gasteiger charge is -2.33. The molecule has 214 valence electrons. The summed E-state index contributed by atoms with van der Waals surface area (Å²) in [7, 11) is 0. The summed E-state index contributed by atoms with van der Waals surface area (Å²) in [5, 5.41) is 12.1. The number of carbonyl (C=O) groups is 1. The van der Waals surface area contributed by atoms with Crippen LogP contribution in [0.4, 0.5) is 14.5 Å². The lowest BCUT2D eigenvalue weighted by molar-refractivity contribution is 0.0174. The summed E-state index contributed by atoms with van der Waals surface area (Å²) in [5.41, 5.74) is 3.20. The smallest absolute Gasteiger partial charge is 0.270 e. The number of rotatable bonds is 8. The van der Waals surface area contributed by atoms with E-state index in [1.807, 2.05) is 30.3 Å². The normalized spacial score (nSPS) is 17.2. The number of aromatic nitrogens is 1. The van der Waals surface area contributed by atoms with Crippen LogP contribution in [0.1, 0.15) is 59.8 Å². The summed E-state index contributed by atoms with van der Waals surface area (Å²) in [6.45, 7) is 5.09. The lowest BCUT2D eigenvalue weighted by Crippen LogP contribution is -2.44. The van der Waals surface area contributed by atoms with E-state index in [2.05, 4.69) is 26.2 Å². The van der Waals surface area contributed by atoms with Crippen molar-refractivity contribution in [3.8, 4) is 11.8 Å². The highest BCUT2D eigenvalue weighted by Gasteiger charge is 2.25. The van der Waals surface area contributed by atoms with Gasteiger partial charge in [-0.1, -0.05) is 12.1 Å². The third-order valence-electron chi connectivity index (χ3n) is 7.86. The van der Waals surface area contributed by atoms with Gasteiger partial charge in [0.05, 0.1) is 23.5 Å². The van der Waals surface area contributed by atoms with Gasteiger partial charge in [-0.2, -0.15) is 5.26 Å². The standard InChI is InChI=1S/C32H35F2N5O2/c1-32(33,34)25-6-9-28(10-7-25)41-29-14-18-39(19-15-29)27-8-11-30(36-21-27)31(40)37-26-12-16-38(17-13-26)22-24-4-2-23(20-35)3-5-24/h2-11,21,26,29H,12-19,22H2,1H3,(H,37,40). The summed E-state index contributed by atoms with van der Waals surface area (Å²) >= 11 is 0. The molecule has 1 N–H and O–H groups in total. The molecule has 0 radical (unpaired) electrons. The molecule has 2 aliphatic heterocycles. The fraction of sp³-hybridized carbons (Fsp3) is 0.406. The van der Waals surface area contributed by atoms with Crippen molar-refractivity contribution in [1.82, 2.24) is 15.2 Å². The fourth-order valence-electron chi connectivity index (χ4n) is 5.40. The summed E-state index contributed by atoms with van der Waals surface area (Å²) in [6, 6.07) is 19.7. The van der Waals surface area contributed by atoms with Gasteiger partial charge in [-0.25, -0.2) is 13.8 Å². The van der Waals surface area contributed by atoms with Crippen molar-refractivity contribution < 1.29 is 18.3 Å². The molecule has 2 saturated heterocycles. The minimum Gasteiger partial charge on any atom is -0.490 e. The van der Waals surface area contributed by atoms with Crippen LogP contribution in [0.3, 0.4) is 0 Å². The van der Waals surface area contributed by atoms with Crippen LogP contribution >= 0.6 is 0 Å². The highest BCUT2D eigenvalue weighted by atomic mass is 19.3. The number of nitriles is 1. The number of piperidine rings is 2. The van der Waals surface area contributed by atoms with E-state index in [-0.39, 0.29) is 23.6 Å². The van der Waals surface area contributed by atoms with E-state index < -0.39 is 5.92 Å². The molecule has 0 spiro atoms. The number of pyridine rings is 1. The molecule has 0 aliphatic carbocycles. The monoisotopic (exact) mass is 559 g/mol. The Bertz CT molecular complexity index is 1340. The van der Waals surface area contributed by atoms with E-state index >= 15 is 0 Å². The Balaban J connectivity index is 1.04. The molecule has 0 saturated carbocycles. The van der Waals surface area contributed by atoms with Crippen molar-refractivity contribution in [2.24, 2.45) is 0 Å². The molecule has 9 heteroatoms. The van der Waals surface area contributed by atoms with Gasteiger partial charge >= 0.3 is 0 Å². The van der Waals surface area contributed by atoms with E-state index in [9.17, 15) is 13.6 Å². The highest BCUT2D eigenvalue weighted by Crippen LogP contribution is 2.29. The van der Waals surface area contributed by atoms with Gasteiger partial charge in [-0.3, -0.25) is 9.69 Å². The van der Waals surface area contributed by atoms with Crippen molar-refractivity contribution in [2.45, 2.75) is 57.2 Å². The van der Waals surface area contributed by atoms with Crippen molar-refractivity contribution in [1.29, 1.82) is 5.26 Å². The molecule has 5 rings (SSSR count). The van der Waals surface area contributed by atoms with Crippen LogP contribution in [-0.4, -0.2) is 54.1 Å². The molecule has 7 nitrogen and oxygen atoms in total. The number of nitrogens with zero attached hydrogens (tertiary/aromatic N) is 4. The van der Waals surface area contributed by atoms with Gasteiger partial charge in [-0.15, -0.1) is 0 Å². The Morgan fingerprint density at radius 1 is 1.00 bits per heavy atom. The maximum atomic E-state index is 13.4. The van der Waals surface area contributed by atoms with Crippen molar-refractivity contribution in [3.63, 3.8) is 0 Å². The summed E-state index contributed by atoms with van der Waals surface area (Å²) in [6.07, 6.45) is 5.14. The lowest BCUT2D eigenvalue weighted by atomic mass is 10.0. The Kier molecular flexibility index (Phi) is 8.79. The van der Waals surface area contributed by atoms with E-state index in [1.165, 1.54) is 17.7 Å². The molecule has 1 amide bonds. The van der Waals surface area contributed by atoms with E-state index in [0.29, 0.717) is 17.0 Å². The number of alkyl halides is 2. The first-order valence-corrected chi connectivity index (χ1v) is 14.1. The average Bonchev–Trinajstić information content (AvgIpc) is 2.99. The van der Waals surface area contributed by atoms with Crippen molar-refractivity contribution in [3.05, 3.63) is 89.2 Å². The largest absolute Gasteiger partial charge is 0.490 e. The zero-order valence-corrected chi connectivity index (χ0v) is 23.2. The first-order chi connectivity index (χ1) is 19.8. The van der Waals surface area contributed by atoms with E-state index in [1.54, 1.807) is 24.4 Å². The number of halogens is 2. The molecule has 1 aromatic heterocycles. The van der Waals surface area contributed by atoms with Gasteiger partial charge in [0.15, 0.2) is 0 Å². The number of nitrogens with one attached hydrogen (secondary N) is 1. The number of ether oxygens (including phenoxy) is 1. The SMILES string of the molecule is CC(F)(F)c1ccc(OC2CCN(c3ccc(C(=O)NC4CCN(Cc5ccc(C#N)cc5)CC4)nc3)CC2)cc1. The number of hydrogen-bond acceptors (Lipinski definition) is 6. The molecular formula is C32H35F2N5O2. The maximum Gasteiger partial charge on any atom is 0.270 e. The summed E-state index contributed by atoms with van der Waals surface area (Å²) < 4.78 is 32.9. The van der Waals surface area contributed by atoms with E-state index in [4.69, 9.17) is 10.00 Å². The van der Waals surface area contributed by atoms with Crippen molar-refractivity contribution in [2.75, 3.05) is 31.1 Å². The van der Waals surface area contributed by atoms with Crippen molar-refractivity contribution >= 4 is 11.6 Å². The topological polar surface area (TPSA) is 81.5 Å². The molecular weight excluding hydrogens is 524 g/mol. The molecule has 41 heavy (non-hydrogen) atoms. The van der Waals surface area contributed by atoms with Crippen LogP contribution in [-0.2, 0) is 12.5 Å². The first-order valence-electron chi connectivity index (χ1n) is 14.1. The quantitative estimate of drug-likeness (QED) is 0.392. The minimum absolute atomic E-state index is 0.0211. The minimum atomic E-state index is -2.86. The number of carbonyl (C=O) groups excluding carboxylic acids is 1. The van der Waals surface area contributed by atoms with Crippen LogP contribution in [0.2, 0.25) is 0 Å². The molecule has 2 aromatic carbocycles. The Hall–Kier alpha value is -4.03. The predicted octanol–water partition coefficient (Wildman–Crippen LogP) is 5.51. The molecule has 0 bridgehead atoms. The molecule has 0 atom stereocenters. The van der Waals surface area contributed by atoms with Gasteiger partial charge in [0, 0.05) is 64.1 Å². The Labute approximate surface area is 239 Å². The van der Waals surface area contributed by atoms with Crippen LogP contribution in [0.15, 0.2) is 66.9 Å². The van der Waals surface area contributed by atoms with Crippen LogP contribution in [0, 0.1) is 11.3 Å². The molecule has 0 unspecified atom stereocenters. The zero-order valence-electron chi connectivity index (χ0n) is 23.2. The van der Waals surface area contributed by atoms with Crippen LogP contribution < -0.4 is 15.0 Å². The van der Waals surface area contributed by atoms with Gasteiger partial charge in [0.1, 0.15) is 17.5 Å². The van der Waals surface area contributed by atoms with Gasteiger partial charge < -0.3 is 15.0 Å².